The average Bonchev–Trinajstić information content (AvgIpc) is 2.50. The molecule has 0 fully saturated rings. The minimum atomic E-state index is -0.775. The molecular weight excluding hydrogens is 272 g/mol. The van der Waals surface area contributed by atoms with Gasteiger partial charge in [0.25, 0.3) is 0 Å². The van der Waals surface area contributed by atoms with E-state index in [1.54, 1.807) is 30.3 Å². The van der Waals surface area contributed by atoms with Crippen molar-refractivity contribution in [1.29, 1.82) is 5.26 Å². The van der Waals surface area contributed by atoms with E-state index in [2.05, 4.69) is 6.07 Å². The fraction of sp³-hybridized carbons (Fsp3) is 0. The highest BCUT2D eigenvalue weighted by molar-refractivity contribution is 5.92. The van der Waals surface area contributed by atoms with E-state index in [1.165, 1.54) is 6.07 Å². The van der Waals surface area contributed by atoms with Crippen molar-refractivity contribution in [3.63, 3.8) is 0 Å². The van der Waals surface area contributed by atoms with Gasteiger partial charge in [-0.3, -0.25) is 0 Å². The van der Waals surface area contributed by atoms with Gasteiger partial charge in [-0.15, -0.1) is 0 Å². The van der Waals surface area contributed by atoms with Crippen LogP contribution in [0, 0.1) is 23.0 Å². The fourth-order valence-electron chi connectivity index (χ4n) is 2.13. The van der Waals surface area contributed by atoms with Crippen LogP contribution in [0.15, 0.2) is 54.6 Å². The van der Waals surface area contributed by atoms with Gasteiger partial charge in [-0.25, -0.2) is 8.78 Å². The van der Waals surface area contributed by atoms with Crippen molar-refractivity contribution in [3.8, 4) is 17.6 Å². The molecule has 0 saturated heterocycles. The summed E-state index contributed by atoms with van der Waals surface area (Å²) >= 11 is 0. The van der Waals surface area contributed by atoms with Gasteiger partial charge in [0.15, 0.2) is 11.6 Å². The van der Waals surface area contributed by atoms with Crippen LogP contribution in [0.5, 0.6) is 11.5 Å². The summed E-state index contributed by atoms with van der Waals surface area (Å²) in [7, 11) is 0. The molecule has 0 spiro atoms. The van der Waals surface area contributed by atoms with Gasteiger partial charge in [0.1, 0.15) is 11.6 Å². The Kier molecular flexibility index (Phi) is 3.25. The zero-order valence-electron chi connectivity index (χ0n) is 10.8. The third-order valence-electron chi connectivity index (χ3n) is 3.12. The summed E-state index contributed by atoms with van der Waals surface area (Å²) in [5.41, 5.74) is 0.512. The number of nitrogens with zero attached hydrogens (tertiary/aromatic N) is 1. The Hall–Kier alpha value is -2.93. The molecule has 0 atom stereocenters. The number of rotatable bonds is 2. The smallest absolute Gasteiger partial charge is 0.168 e. The van der Waals surface area contributed by atoms with Crippen molar-refractivity contribution < 1.29 is 13.5 Å². The van der Waals surface area contributed by atoms with Crippen LogP contribution >= 0.6 is 0 Å². The lowest BCUT2D eigenvalue weighted by molar-refractivity contribution is 0.441. The molecule has 0 aliphatic heterocycles. The van der Waals surface area contributed by atoms with Crippen molar-refractivity contribution in [3.05, 3.63) is 71.8 Å². The van der Waals surface area contributed by atoms with E-state index in [0.717, 1.165) is 17.5 Å². The molecule has 0 aliphatic carbocycles. The van der Waals surface area contributed by atoms with E-state index in [0.29, 0.717) is 16.7 Å². The van der Waals surface area contributed by atoms with Crippen LogP contribution in [0.25, 0.3) is 10.8 Å². The highest BCUT2D eigenvalue weighted by Crippen LogP contribution is 2.32. The van der Waals surface area contributed by atoms with Crippen LogP contribution in [0.1, 0.15) is 5.56 Å². The van der Waals surface area contributed by atoms with E-state index in [1.807, 2.05) is 6.07 Å². The Bertz CT molecular complexity index is 868. The largest absolute Gasteiger partial charge is 0.454 e. The Balaban J connectivity index is 2.12. The van der Waals surface area contributed by atoms with Crippen LogP contribution in [0.2, 0.25) is 0 Å². The molecule has 0 saturated carbocycles. The molecule has 2 nitrogen and oxygen atoms in total. The summed E-state index contributed by atoms with van der Waals surface area (Å²) in [6.45, 7) is 0. The number of nitriles is 1. The Labute approximate surface area is 119 Å². The molecule has 0 amide bonds. The van der Waals surface area contributed by atoms with Gasteiger partial charge in [0.05, 0.1) is 11.6 Å². The predicted octanol–water partition coefficient (Wildman–Crippen LogP) is 4.78. The standard InChI is InChI=1S/C17H9F2NO/c18-12-6-8-17(15(19)9-12)21-16-7-5-11(10-20)13-3-1-2-4-14(13)16/h1-9H. The molecule has 0 aromatic heterocycles. The molecular formula is C17H9F2NO. The topological polar surface area (TPSA) is 33.0 Å². The zero-order valence-corrected chi connectivity index (χ0v) is 10.8. The number of hydrogen-bond donors (Lipinski definition) is 0. The molecule has 0 bridgehead atoms. The monoisotopic (exact) mass is 281 g/mol. The molecule has 3 rings (SSSR count). The van der Waals surface area contributed by atoms with Crippen molar-refractivity contribution in [2.45, 2.75) is 0 Å². The number of benzene rings is 3. The number of hydrogen-bond acceptors (Lipinski definition) is 2. The lowest BCUT2D eigenvalue weighted by Crippen LogP contribution is -1.91. The number of fused-ring (bicyclic) bond motifs is 1. The summed E-state index contributed by atoms with van der Waals surface area (Å²) < 4.78 is 32.1. The molecule has 0 radical (unpaired) electrons. The average molecular weight is 281 g/mol. The maximum Gasteiger partial charge on any atom is 0.168 e. The van der Waals surface area contributed by atoms with Crippen LogP contribution in [0.4, 0.5) is 8.78 Å². The summed E-state index contributed by atoms with van der Waals surface area (Å²) in [5.74, 6) is -1.09. The first-order chi connectivity index (χ1) is 10.2. The maximum absolute atomic E-state index is 13.7. The van der Waals surface area contributed by atoms with Crippen molar-refractivity contribution in [1.82, 2.24) is 0 Å². The molecule has 0 unspecified atom stereocenters. The fourth-order valence-corrected chi connectivity index (χ4v) is 2.13. The minimum Gasteiger partial charge on any atom is -0.454 e. The molecule has 0 heterocycles. The van der Waals surface area contributed by atoms with Crippen LogP contribution in [-0.2, 0) is 0 Å². The third-order valence-corrected chi connectivity index (χ3v) is 3.12. The van der Waals surface area contributed by atoms with Crippen LogP contribution in [-0.4, -0.2) is 0 Å². The first-order valence-electron chi connectivity index (χ1n) is 6.24. The number of ether oxygens (including phenoxy) is 1. The SMILES string of the molecule is N#Cc1ccc(Oc2ccc(F)cc2F)c2ccccc12. The van der Waals surface area contributed by atoms with Gasteiger partial charge in [-0.2, -0.15) is 5.26 Å². The lowest BCUT2D eigenvalue weighted by Gasteiger charge is -2.10. The van der Waals surface area contributed by atoms with E-state index in [-0.39, 0.29) is 5.75 Å². The lowest BCUT2D eigenvalue weighted by atomic mass is 10.0. The highest BCUT2D eigenvalue weighted by atomic mass is 19.1. The second-order valence-corrected chi connectivity index (χ2v) is 4.45. The van der Waals surface area contributed by atoms with Gasteiger partial charge in [-0.1, -0.05) is 24.3 Å². The number of halogens is 2. The molecule has 0 aliphatic rings. The highest BCUT2D eigenvalue weighted by Gasteiger charge is 2.10. The molecule has 21 heavy (non-hydrogen) atoms. The first-order valence-corrected chi connectivity index (χ1v) is 6.24. The first kappa shape index (κ1) is 13.1. The van der Waals surface area contributed by atoms with Crippen LogP contribution < -0.4 is 4.74 Å². The third kappa shape index (κ3) is 2.41. The van der Waals surface area contributed by atoms with E-state index in [9.17, 15) is 8.78 Å². The summed E-state index contributed by atoms with van der Waals surface area (Å²) in [6.07, 6.45) is 0. The second-order valence-electron chi connectivity index (χ2n) is 4.45. The van der Waals surface area contributed by atoms with Crippen LogP contribution in [0.3, 0.4) is 0 Å². The van der Waals surface area contributed by atoms with Gasteiger partial charge < -0.3 is 4.74 Å². The molecule has 3 aromatic rings. The molecule has 4 heteroatoms. The van der Waals surface area contributed by atoms with Crippen molar-refractivity contribution >= 4 is 10.8 Å². The maximum atomic E-state index is 13.7. The van der Waals surface area contributed by atoms with E-state index >= 15 is 0 Å². The summed E-state index contributed by atoms with van der Waals surface area (Å²) in [4.78, 5) is 0. The van der Waals surface area contributed by atoms with Crippen molar-refractivity contribution in [2.75, 3.05) is 0 Å². The van der Waals surface area contributed by atoms with Gasteiger partial charge in [0, 0.05) is 16.8 Å². The second kappa shape index (κ2) is 5.22. The molecule has 102 valence electrons. The quantitative estimate of drug-likeness (QED) is 0.677. The Morgan fingerprint density at radius 3 is 2.29 bits per heavy atom. The predicted molar refractivity (Wildman–Crippen MR) is 75.1 cm³/mol. The Morgan fingerprint density at radius 1 is 0.857 bits per heavy atom. The van der Waals surface area contributed by atoms with Gasteiger partial charge in [-0.05, 0) is 24.3 Å². The molecule has 3 aromatic carbocycles. The van der Waals surface area contributed by atoms with E-state index in [4.69, 9.17) is 10.00 Å². The van der Waals surface area contributed by atoms with Gasteiger partial charge >= 0.3 is 0 Å². The van der Waals surface area contributed by atoms with Crippen molar-refractivity contribution in [2.24, 2.45) is 0 Å². The minimum absolute atomic E-state index is 0.0636. The van der Waals surface area contributed by atoms with E-state index < -0.39 is 11.6 Å². The zero-order chi connectivity index (χ0) is 14.8. The summed E-state index contributed by atoms with van der Waals surface area (Å²) in [5, 5.41) is 10.5. The Morgan fingerprint density at radius 2 is 1.57 bits per heavy atom. The normalized spacial score (nSPS) is 10.3. The van der Waals surface area contributed by atoms with Gasteiger partial charge in [0.2, 0.25) is 0 Å². The summed E-state index contributed by atoms with van der Waals surface area (Å²) in [6, 6.07) is 15.6. The molecule has 0 N–H and O–H groups in total.